The van der Waals surface area contributed by atoms with E-state index in [1.165, 1.54) is 0 Å². The van der Waals surface area contributed by atoms with Crippen molar-refractivity contribution in [3.63, 3.8) is 0 Å². The molecule has 54 heavy (non-hydrogen) atoms. The number of esters is 2. The molecule has 1 saturated carbocycles. The molecule has 10 heteroatoms. The monoisotopic (exact) mass is 734 g/mol. The average molecular weight is 735 g/mol. The molecule has 2 heterocycles. The van der Waals surface area contributed by atoms with Crippen molar-refractivity contribution in [3.8, 4) is 34.0 Å². The van der Waals surface area contributed by atoms with E-state index < -0.39 is 11.9 Å². The molecule has 0 aliphatic heterocycles. The van der Waals surface area contributed by atoms with Gasteiger partial charge in [-0.1, -0.05) is 74.5 Å². The van der Waals surface area contributed by atoms with Gasteiger partial charge in [-0.05, 0) is 73.9 Å². The summed E-state index contributed by atoms with van der Waals surface area (Å²) in [5, 5.41) is 0. The summed E-state index contributed by atoms with van der Waals surface area (Å²) < 4.78 is 34.3. The van der Waals surface area contributed by atoms with E-state index in [0.29, 0.717) is 51.1 Å². The van der Waals surface area contributed by atoms with Crippen molar-refractivity contribution < 1.29 is 38.0 Å². The summed E-state index contributed by atoms with van der Waals surface area (Å²) in [6, 6.07) is 24.4. The van der Waals surface area contributed by atoms with Crippen LogP contribution >= 0.6 is 0 Å². The number of hydrogen-bond donors (Lipinski definition) is 0. The highest BCUT2D eigenvalue weighted by atomic mass is 16.5. The minimum atomic E-state index is -0.406. The van der Waals surface area contributed by atoms with Crippen molar-refractivity contribution in [2.24, 2.45) is 0 Å². The molecular weight excluding hydrogens is 684 g/mol. The Bertz CT molecular complexity index is 1610. The first kappa shape index (κ1) is 39.9. The summed E-state index contributed by atoms with van der Waals surface area (Å²) in [7, 11) is 0. The Labute approximate surface area is 318 Å². The van der Waals surface area contributed by atoms with Gasteiger partial charge < -0.3 is 28.4 Å². The van der Waals surface area contributed by atoms with Crippen molar-refractivity contribution in [1.29, 1.82) is 0 Å². The highest BCUT2D eigenvalue weighted by Crippen LogP contribution is 2.27. The average Bonchev–Trinajstić information content (AvgIpc) is 3.22. The number of rotatable bonds is 22. The lowest BCUT2D eigenvalue weighted by Crippen LogP contribution is -2.34. The van der Waals surface area contributed by atoms with Crippen LogP contribution in [0.3, 0.4) is 0 Å². The number of carbonyl (C=O) groups is 2. The van der Waals surface area contributed by atoms with Gasteiger partial charge in [0.05, 0.1) is 75.6 Å². The predicted molar refractivity (Wildman–Crippen MR) is 207 cm³/mol. The van der Waals surface area contributed by atoms with E-state index in [2.05, 4.69) is 71.7 Å². The number of hydrogen-bond acceptors (Lipinski definition) is 10. The minimum absolute atomic E-state index is 0.0498. The predicted octanol–water partition coefficient (Wildman–Crippen LogP) is 8.63. The molecule has 0 spiro atoms. The van der Waals surface area contributed by atoms with E-state index in [9.17, 15) is 9.59 Å². The molecule has 0 unspecified atom stereocenters. The van der Waals surface area contributed by atoms with Gasteiger partial charge in [-0.3, -0.25) is 9.97 Å². The second-order valence-electron chi connectivity index (χ2n) is 13.0. The Balaban J connectivity index is 1.01. The Morgan fingerprint density at radius 1 is 0.574 bits per heavy atom. The normalized spacial score (nSPS) is 15.2. The third kappa shape index (κ3) is 13.3. The van der Waals surface area contributed by atoms with Crippen molar-refractivity contribution in [2.75, 3.05) is 26.4 Å². The van der Waals surface area contributed by atoms with Crippen LogP contribution in [0.5, 0.6) is 11.5 Å². The molecule has 0 amide bonds. The summed E-state index contributed by atoms with van der Waals surface area (Å²) in [5.41, 5.74) is 6.00. The lowest BCUT2D eigenvalue weighted by atomic mass is 9.94. The van der Waals surface area contributed by atoms with Gasteiger partial charge in [0, 0.05) is 23.3 Å². The minimum Gasteiger partial charge on any atom is -0.492 e. The molecular formula is C44H50N2O8. The lowest BCUT2D eigenvalue weighted by Gasteiger charge is -2.31. The van der Waals surface area contributed by atoms with Crippen LogP contribution < -0.4 is 9.47 Å². The zero-order valence-electron chi connectivity index (χ0n) is 30.9. The zero-order chi connectivity index (χ0) is 37.8. The largest absolute Gasteiger partial charge is 0.492 e. The van der Waals surface area contributed by atoms with Gasteiger partial charge in [-0.2, -0.15) is 0 Å². The van der Waals surface area contributed by atoms with Crippen LogP contribution in [0.25, 0.3) is 22.5 Å². The van der Waals surface area contributed by atoms with Gasteiger partial charge in [0.15, 0.2) is 0 Å². The maximum atomic E-state index is 11.1. The highest BCUT2D eigenvalue weighted by Gasteiger charge is 2.26. The summed E-state index contributed by atoms with van der Waals surface area (Å²) in [6.45, 7) is 9.58. The Morgan fingerprint density at radius 2 is 0.981 bits per heavy atom. The summed E-state index contributed by atoms with van der Waals surface area (Å²) in [6.07, 6.45) is 13.1. The van der Waals surface area contributed by atoms with Crippen LogP contribution in [0.1, 0.15) is 62.5 Å². The van der Waals surface area contributed by atoms with Crippen LogP contribution in [0.4, 0.5) is 0 Å². The van der Waals surface area contributed by atoms with Crippen molar-refractivity contribution in [2.45, 2.75) is 76.8 Å². The molecule has 0 N–H and O–H groups in total. The Hall–Kier alpha value is -5.32. The third-order valence-corrected chi connectivity index (χ3v) is 8.98. The molecule has 284 valence electrons. The number of benzene rings is 2. The Morgan fingerprint density at radius 3 is 1.35 bits per heavy atom. The van der Waals surface area contributed by atoms with Crippen molar-refractivity contribution in [3.05, 3.63) is 122 Å². The first-order valence-corrected chi connectivity index (χ1v) is 18.7. The maximum absolute atomic E-state index is 11.1. The van der Waals surface area contributed by atoms with E-state index in [4.69, 9.17) is 28.4 Å². The van der Waals surface area contributed by atoms with Crippen LogP contribution in [0, 0.1) is 0 Å². The summed E-state index contributed by atoms with van der Waals surface area (Å²) in [4.78, 5) is 31.3. The maximum Gasteiger partial charge on any atom is 0.330 e. The molecule has 2 aromatic heterocycles. The van der Waals surface area contributed by atoms with Crippen molar-refractivity contribution >= 4 is 11.9 Å². The molecule has 4 aromatic rings. The second-order valence-corrected chi connectivity index (χ2v) is 13.0. The molecule has 1 fully saturated rings. The number of unbranched alkanes of at least 4 members (excludes halogenated alkanes) is 2. The molecule has 5 rings (SSSR count). The first-order chi connectivity index (χ1) is 26.5. The van der Waals surface area contributed by atoms with Gasteiger partial charge in [0.1, 0.15) is 11.5 Å². The molecule has 2 atom stereocenters. The quantitative estimate of drug-likeness (QED) is 0.0442. The fourth-order valence-corrected chi connectivity index (χ4v) is 5.92. The first-order valence-electron chi connectivity index (χ1n) is 18.7. The number of aromatic nitrogens is 2. The van der Waals surface area contributed by atoms with E-state index in [1.54, 1.807) is 12.4 Å². The summed E-state index contributed by atoms with van der Waals surface area (Å²) in [5.74, 6) is 0.596. The van der Waals surface area contributed by atoms with Gasteiger partial charge in [-0.15, -0.1) is 0 Å². The smallest absolute Gasteiger partial charge is 0.330 e. The summed E-state index contributed by atoms with van der Waals surface area (Å²) >= 11 is 0. The third-order valence-electron chi connectivity index (χ3n) is 8.98. The van der Waals surface area contributed by atoms with Crippen LogP contribution in [-0.2, 0) is 41.8 Å². The van der Waals surface area contributed by atoms with Gasteiger partial charge >= 0.3 is 11.9 Å². The van der Waals surface area contributed by atoms with Gasteiger partial charge in [0.25, 0.3) is 0 Å². The highest BCUT2D eigenvalue weighted by molar-refractivity contribution is 5.81. The van der Waals surface area contributed by atoms with Gasteiger partial charge in [-0.25, -0.2) is 9.59 Å². The number of nitrogens with zero attached hydrogens (tertiary/aromatic N) is 2. The van der Waals surface area contributed by atoms with E-state index in [0.717, 1.165) is 97.2 Å². The van der Waals surface area contributed by atoms with Crippen molar-refractivity contribution in [1.82, 2.24) is 9.97 Å². The number of pyridine rings is 2. The number of ether oxygens (including phenoxy) is 6. The fourth-order valence-electron chi connectivity index (χ4n) is 5.92. The molecule has 10 nitrogen and oxygen atoms in total. The van der Waals surface area contributed by atoms with Gasteiger partial charge in [0.2, 0.25) is 0 Å². The molecule has 1 aliphatic carbocycles. The second kappa shape index (κ2) is 22.0. The van der Waals surface area contributed by atoms with E-state index in [1.807, 2.05) is 24.3 Å². The molecule has 2 aromatic carbocycles. The van der Waals surface area contributed by atoms with E-state index >= 15 is 0 Å². The van der Waals surface area contributed by atoms with Crippen LogP contribution in [-0.4, -0.2) is 60.5 Å². The molecule has 0 saturated heterocycles. The van der Waals surface area contributed by atoms with Crippen LogP contribution in [0.15, 0.2) is 111 Å². The molecule has 0 bridgehead atoms. The topological polar surface area (TPSA) is 115 Å². The standard InChI is InChI=1S/C44H50N2O8/c1-3-43(47)51-27-9-7-25-49-37-21-23-39(45-29-37)35-17-13-33(14-18-35)31-53-41-11-5-6-12-42(41)54-32-34-15-19-36(20-16-34)40-24-22-38(30-46-40)50-26-8-10-28-52-44(48)4-2/h3-4,13-24,29-30,41-42H,1-2,5-12,25-28,31-32H2/t41-,42-/m1/s1. The van der Waals surface area contributed by atoms with Crippen LogP contribution in [0.2, 0.25) is 0 Å². The molecule has 1 aliphatic rings. The fraction of sp³-hybridized carbons (Fsp3) is 0.364. The molecule has 0 radical (unpaired) electrons. The SMILES string of the molecule is C=CC(=O)OCCCCOc1ccc(-c2ccc(CO[C@@H]3CCCC[C@H]3OCc3ccc(-c4ccc(OCCCCOC(=O)C=C)cn4)cc3)cc2)nc1. The Kier molecular flexibility index (Phi) is 16.3. The number of carbonyl (C=O) groups excluding carboxylic acids is 2. The lowest BCUT2D eigenvalue weighted by molar-refractivity contribution is -0.138. The van der Waals surface area contributed by atoms with E-state index in [-0.39, 0.29) is 12.2 Å². The zero-order valence-corrected chi connectivity index (χ0v) is 30.9.